The molecule has 1 heterocycles. The van der Waals surface area contributed by atoms with E-state index in [1.807, 2.05) is 0 Å². The van der Waals surface area contributed by atoms with Crippen LogP contribution in [0.15, 0.2) is 35.4 Å². The number of benzene rings is 1. The lowest BCUT2D eigenvalue weighted by Crippen LogP contribution is -2.30. The summed E-state index contributed by atoms with van der Waals surface area (Å²) in [6.07, 6.45) is 1.19. The Kier molecular flexibility index (Phi) is 5.13. The van der Waals surface area contributed by atoms with Crippen molar-refractivity contribution >= 4 is 21.5 Å². The largest absolute Gasteiger partial charge is 0.390 e. The highest BCUT2D eigenvalue weighted by molar-refractivity contribution is 7.89. The number of rotatable bonds is 7. The zero-order valence-electron chi connectivity index (χ0n) is 13.4. The Labute approximate surface area is 142 Å². The van der Waals surface area contributed by atoms with Gasteiger partial charge in [0.15, 0.2) is 5.69 Å². The zero-order chi connectivity index (χ0) is 18.8. The summed E-state index contributed by atoms with van der Waals surface area (Å²) in [5, 5.41) is 25.7. The monoisotopic (exact) mass is 369 g/mol. The van der Waals surface area contributed by atoms with Crippen LogP contribution >= 0.6 is 0 Å². The highest BCUT2D eigenvalue weighted by Crippen LogP contribution is 2.28. The van der Waals surface area contributed by atoms with Gasteiger partial charge in [-0.25, -0.2) is 8.42 Å². The van der Waals surface area contributed by atoms with E-state index in [0.717, 1.165) is 16.8 Å². The highest BCUT2D eigenvalue weighted by atomic mass is 32.2. The van der Waals surface area contributed by atoms with Crippen LogP contribution in [0.5, 0.6) is 0 Å². The third-order valence-electron chi connectivity index (χ3n) is 3.50. The number of nitro groups is 2. The molecule has 0 aliphatic rings. The third kappa shape index (κ3) is 3.49. The quantitative estimate of drug-likeness (QED) is 0.534. The van der Waals surface area contributed by atoms with Gasteiger partial charge in [0.1, 0.15) is 0 Å². The van der Waals surface area contributed by atoms with Gasteiger partial charge in [-0.1, -0.05) is 13.8 Å². The molecule has 12 heteroatoms. The molecule has 25 heavy (non-hydrogen) atoms. The van der Waals surface area contributed by atoms with E-state index in [2.05, 4.69) is 5.10 Å². The molecule has 2 rings (SSSR count). The first-order valence-corrected chi connectivity index (χ1v) is 8.65. The van der Waals surface area contributed by atoms with Crippen molar-refractivity contribution in [3.05, 3.63) is 50.7 Å². The van der Waals surface area contributed by atoms with Crippen molar-refractivity contribution in [3.8, 4) is 5.69 Å². The molecule has 0 saturated carbocycles. The molecule has 2 aromatic rings. The van der Waals surface area contributed by atoms with Crippen molar-refractivity contribution in [1.29, 1.82) is 0 Å². The predicted molar refractivity (Wildman–Crippen MR) is 87.0 cm³/mol. The average Bonchev–Trinajstić information content (AvgIpc) is 3.05. The first-order chi connectivity index (χ1) is 11.7. The Bertz CT molecular complexity index is 919. The van der Waals surface area contributed by atoms with Gasteiger partial charge < -0.3 is 10.1 Å². The van der Waals surface area contributed by atoms with Crippen LogP contribution < -0.4 is 0 Å². The Hall–Kier alpha value is -2.86. The molecule has 0 bridgehead atoms. The molecule has 0 spiro atoms. The molecular formula is C13H15N5O6S. The van der Waals surface area contributed by atoms with Crippen molar-refractivity contribution in [2.75, 3.05) is 13.1 Å². The number of aromatic nitrogens is 2. The van der Waals surface area contributed by atoms with Crippen molar-refractivity contribution < 1.29 is 18.3 Å². The van der Waals surface area contributed by atoms with E-state index in [0.29, 0.717) is 0 Å². The van der Waals surface area contributed by atoms with Gasteiger partial charge in [0.25, 0.3) is 5.69 Å². The van der Waals surface area contributed by atoms with Gasteiger partial charge in [0.2, 0.25) is 10.0 Å². The first-order valence-electron chi connectivity index (χ1n) is 7.21. The van der Waals surface area contributed by atoms with Crippen molar-refractivity contribution in [2.45, 2.75) is 18.7 Å². The van der Waals surface area contributed by atoms with Gasteiger partial charge in [0.05, 0.1) is 27.2 Å². The van der Waals surface area contributed by atoms with Crippen molar-refractivity contribution in [2.24, 2.45) is 0 Å². The van der Waals surface area contributed by atoms with E-state index >= 15 is 0 Å². The fourth-order valence-corrected chi connectivity index (χ4v) is 3.74. The number of hydrogen-bond donors (Lipinski definition) is 0. The lowest BCUT2D eigenvalue weighted by Gasteiger charge is -2.18. The fourth-order valence-electron chi connectivity index (χ4n) is 2.26. The second kappa shape index (κ2) is 6.94. The summed E-state index contributed by atoms with van der Waals surface area (Å²) in [4.78, 5) is 20.3. The number of sulfonamides is 1. The molecule has 134 valence electrons. The average molecular weight is 369 g/mol. The molecule has 0 N–H and O–H groups in total. The molecule has 0 saturated heterocycles. The molecule has 0 unspecified atom stereocenters. The van der Waals surface area contributed by atoms with Gasteiger partial charge in [-0.05, 0) is 17.1 Å². The van der Waals surface area contributed by atoms with Crippen LogP contribution in [0.2, 0.25) is 0 Å². The standard InChI is InChI=1S/C13H15N5O6S/c1-3-15(4-2)25(23,24)10-5-6-11(12(9-10)17(19)20)16-8-7-13(14-16)18(21)22/h5-9H,3-4H2,1-2H3. The topological polar surface area (TPSA) is 141 Å². The van der Waals surface area contributed by atoms with E-state index in [4.69, 9.17) is 0 Å². The molecule has 1 aromatic carbocycles. The minimum atomic E-state index is -3.87. The van der Waals surface area contributed by atoms with E-state index in [1.54, 1.807) is 13.8 Å². The van der Waals surface area contributed by atoms with E-state index < -0.39 is 31.4 Å². The Balaban J connectivity index is 2.58. The van der Waals surface area contributed by atoms with Crippen LogP contribution in [0.1, 0.15) is 13.8 Å². The minimum Gasteiger partial charge on any atom is -0.358 e. The van der Waals surface area contributed by atoms with Gasteiger partial charge in [0, 0.05) is 19.2 Å². The Morgan fingerprint density at radius 1 is 1.12 bits per heavy atom. The smallest absolute Gasteiger partial charge is 0.358 e. The Morgan fingerprint density at radius 3 is 2.24 bits per heavy atom. The van der Waals surface area contributed by atoms with Crippen LogP contribution in [0.4, 0.5) is 11.5 Å². The molecule has 11 nitrogen and oxygen atoms in total. The maximum atomic E-state index is 12.5. The summed E-state index contributed by atoms with van der Waals surface area (Å²) in [6.45, 7) is 3.76. The van der Waals surface area contributed by atoms with Crippen LogP contribution in [-0.4, -0.2) is 45.4 Å². The summed E-state index contributed by atoms with van der Waals surface area (Å²) in [5.41, 5.74) is -0.595. The second-order valence-corrected chi connectivity index (χ2v) is 6.81. The van der Waals surface area contributed by atoms with Crippen LogP contribution in [0.25, 0.3) is 5.69 Å². The highest BCUT2D eigenvalue weighted by Gasteiger charge is 2.27. The fraction of sp³-hybridized carbons (Fsp3) is 0.308. The van der Waals surface area contributed by atoms with Crippen LogP contribution in [0, 0.1) is 20.2 Å². The Morgan fingerprint density at radius 2 is 1.76 bits per heavy atom. The van der Waals surface area contributed by atoms with Crippen LogP contribution in [-0.2, 0) is 10.0 Å². The van der Waals surface area contributed by atoms with E-state index in [1.165, 1.54) is 22.6 Å². The SMILES string of the molecule is CCN(CC)S(=O)(=O)c1ccc(-n2ccc([N+](=O)[O-])n2)c([N+](=O)[O-])c1. The molecule has 0 amide bonds. The molecular weight excluding hydrogens is 354 g/mol. The summed E-state index contributed by atoms with van der Waals surface area (Å²) >= 11 is 0. The van der Waals surface area contributed by atoms with Gasteiger partial charge >= 0.3 is 5.82 Å². The predicted octanol–water partition coefficient (Wildman–Crippen LogP) is 1.72. The molecule has 0 aliphatic heterocycles. The lowest BCUT2D eigenvalue weighted by molar-refractivity contribution is -0.389. The van der Waals surface area contributed by atoms with Crippen molar-refractivity contribution in [3.63, 3.8) is 0 Å². The van der Waals surface area contributed by atoms with Gasteiger partial charge in [-0.2, -0.15) is 4.31 Å². The summed E-state index contributed by atoms with van der Waals surface area (Å²) in [7, 11) is -3.87. The third-order valence-corrected chi connectivity index (χ3v) is 5.54. The molecule has 0 atom stereocenters. The molecule has 0 aliphatic carbocycles. The maximum absolute atomic E-state index is 12.5. The van der Waals surface area contributed by atoms with E-state index in [9.17, 15) is 28.6 Å². The normalized spacial score (nSPS) is 11.6. The summed E-state index contributed by atoms with van der Waals surface area (Å²) < 4.78 is 27.1. The zero-order valence-corrected chi connectivity index (χ0v) is 14.2. The minimum absolute atomic E-state index is 0.0726. The summed E-state index contributed by atoms with van der Waals surface area (Å²) in [6, 6.07) is 4.43. The molecule has 0 radical (unpaired) electrons. The number of hydrogen-bond acceptors (Lipinski definition) is 7. The first kappa shape index (κ1) is 18.5. The molecule has 1 aromatic heterocycles. The second-order valence-electron chi connectivity index (χ2n) is 4.87. The lowest BCUT2D eigenvalue weighted by atomic mass is 10.2. The molecule has 0 fully saturated rings. The van der Waals surface area contributed by atoms with Crippen molar-refractivity contribution in [1.82, 2.24) is 14.1 Å². The van der Waals surface area contributed by atoms with Gasteiger partial charge in [-0.3, -0.25) is 10.1 Å². The van der Waals surface area contributed by atoms with Gasteiger partial charge in [-0.15, -0.1) is 4.68 Å². The van der Waals surface area contributed by atoms with Crippen LogP contribution in [0.3, 0.4) is 0 Å². The summed E-state index contributed by atoms with van der Waals surface area (Å²) in [5.74, 6) is -0.478. The maximum Gasteiger partial charge on any atom is 0.390 e. The number of nitro benzene ring substituents is 1. The van der Waals surface area contributed by atoms with E-state index in [-0.39, 0.29) is 23.7 Å². The number of nitrogens with zero attached hydrogens (tertiary/aromatic N) is 5.